The maximum atomic E-state index is 11.7. The van der Waals surface area contributed by atoms with Crippen molar-refractivity contribution < 1.29 is 14.4 Å². The van der Waals surface area contributed by atoms with Gasteiger partial charge in [-0.3, -0.25) is 4.79 Å². The summed E-state index contributed by atoms with van der Waals surface area (Å²) >= 11 is 0. The summed E-state index contributed by atoms with van der Waals surface area (Å²) in [7, 11) is 0. The molecule has 0 radical (unpaired) electrons. The summed E-state index contributed by atoms with van der Waals surface area (Å²) in [5.41, 5.74) is 5.51. The molecule has 0 bridgehead atoms. The number of carbonyl (C=O) groups excluding carboxylic acids is 1. The Morgan fingerprint density at radius 3 is 2.94 bits per heavy atom. The van der Waals surface area contributed by atoms with Crippen molar-refractivity contribution >= 4 is 11.7 Å². The van der Waals surface area contributed by atoms with Gasteiger partial charge in [0.1, 0.15) is 0 Å². The van der Waals surface area contributed by atoms with Gasteiger partial charge in [-0.05, 0) is 30.9 Å². The number of hydrogen-bond donors (Lipinski definition) is 3. The van der Waals surface area contributed by atoms with E-state index >= 15 is 0 Å². The molecule has 0 aromatic carbocycles. The molecule has 0 spiro atoms. The van der Waals surface area contributed by atoms with Crippen LogP contribution in [0.4, 0.5) is 0 Å². The minimum Gasteiger partial charge on any atom is -0.459 e. The van der Waals surface area contributed by atoms with E-state index in [-0.39, 0.29) is 23.4 Å². The third kappa shape index (κ3) is 2.16. The van der Waals surface area contributed by atoms with E-state index in [2.05, 4.69) is 10.5 Å². The molecule has 6 nitrogen and oxygen atoms in total. The topological polar surface area (TPSA) is 101 Å². The molecule has 1 fully saturated rings. The summed E-state index contributed by atoms with van der Waals surface area (Å²) in [5.74, 6) is 0.155. The van der Waals surface area contributed by atoms with E-state index in [1.54, 1.807) is 12.1 Å². The van der Waals surface area contributed by atoms with Gasteiger partial charge in [0.2, 0.25) is 0 Å². The lowest BCUT2D eigenvalue weighted by molar-refractivity contribution is 0.0915. The van der Waals surface area contributed by atoms with Gasteiger partial charge in [-0.2, -0.15) is 0 Å². The van der Waals surface area contributed by atoms with Crippen molar-refractivity contribution in [2.45, 2.75) is 18.9 Å². The molecule has 1 amide bonds. The average molecular weight is 223 g/mol. The molecular formula is C10H13N3O3. The molecule has 0 saturated heterocycles. The van der Waals surface area contributed by atoms with Crippen molar-refractivity contribution in [2.75, 3.05) is 0 Å². The van der Waals surface area contributed by atoms with Crippen LogP contribution in [0, 0.1) is 5.92 Å². The van der Waals surface area contributed by atoms with Crippen molar-refractivity contribution in [3.63, 3.8) is 0 Å². The zero-order valence-corrected chi connectivity index (χ0v) is 8.59. The smallest absolute Gasteiger partial charge is 0.287 e. The van der Waals surface area contributed by atoms with Gasteiger partial charge < -0.3 is 20.7 Å². The van der Waals surface area contributed by atoms with Crippen molar-refractivity contribution in [1.29, 1.82) is 0 Å². The molecule has 16 heavy (non-hydrogen) atoms. The maximum Gasteiger partial charge on any atom is 0.287 e. The largest absolute Gasteiger partial charge is 0.459 e. The lowest BCUT2D eigenvalue weighted by Crippen LogP contribution is -2.46. The second kappa shape index (κ2) is 4.26. The van der Waals surface area contributed by atoms with Gasteiger partial charge in [0.15, 0.2) is 11.6 Å². The van der Waals surface area contributed by atoms with Gasteiger partial charge in [0.25, 0.3) is 5.91 Å². The molecule has 1 aromatic heterocycles. The highest BCUT2D eigenvalue weighted by Crippen LogP contribution is 2.32. The van der Waals surface area contributed by atoms with Crippen LogP contribution >= 0.6 is 0 Å². The molecule has 1 aromatic rings. The first-order chi connectivity index (χ1) is 7.72. The van der Waals surface area contributed by atoms with E-state index in [9.17, 15) is 4.79 Å². The Hall–Kier alpha value is -1.98. The van der Waals surface area contributed by atoms with E-state index in [1.807, 2.05) is 0 Å². The Kier molecular flexibility index (Phi) is 2.80. The number of nitrogens with one attached hydrogen (secondary N) is 1. The van der Waals surface area contributed by atoms with Crippen LogP contribution < -0.4 is 11.1 Å². The van der Waals surface area contributed by atoms with E-state index in [1.165, 1.54) is 6.26 Å². The third-order valence-corrected chi connectivity index (χ3v) is 2.56. The summed E-state index contributed by atoms with van der Waals surface area (Å²) in [6, 6.07) is 2.78. The number of furan rings is 1. The summed E-state index contributed by atoms with van der Waals surface area (Å²) < 4.78 is 4.95. The molecule has 6 heteroatoms. The fourth-order valence-electron chi connectivity index (χ4n) is 1.55. The van der Waals surface area contributed by atoms with Crippen molar-refractivity contribution in [3.8, 4) is 0 Å². The van der Waals surface area contributed by atoms with Crippen LogP contribution in [0.3, 0.4) is 0 Å². The highest BCUT2D eigenvalue weighted by Gasteiger charge is 2.35. The first-order valence-corrected chi connectivity index (χ1v) is 5.04. The number of carbonyl (C=O) groups is 1. The molecule has 1 atom stereocenters. The number of amides is 1. The number of amidine groups is 1. The quantitative estimate of drug-likeness (QED) is 0.300. The SMILES string of the molecule is NC(=NO)C(NC(=O)c1ccco1)C1CC1. The van der Waals surface area contributed by atoms with Crippen LogP contribution in [0.2, 0.25) is 0 Å². The number of oxime groups is 1. The van der Waals surface area contributed by atoms with Crippen LogP contribution in [-0.4, -0.2) is 23.0 Å². The molecule has 1 aliphatic rings. The van der Waals surface area contributed by atoms with E-state index < -0.39 is 6.04 Å². The van der Waals surface area contributed by atoms with Crippen molar-refractivity contribution in [1.82, 2.24) is 5.32 Å². The number of nitrogens with two attached hydrogens (primary N) is 1. The molecule has 1 unspecified atom stereocenters. The predicted octanol–water partition coefficient (Wildman–Crippen LogP) is 0.534. The van der Waals surface area contributed by atoms with Gasteiger partial charge in [-0.1, -0.05) is 5.16 Å². The molecule has 1 aliphatic carbocycles. The van der Waals surface area contributed by atoms with Gasteiger partial charge in [0.05, 0.1) is 12.3 Å². The maximum absolute atomic E-state index is 11.7. The van der Waals surface area contributed by atoms with Gasteiger partial charge in [-0.15, -0.1) is 0 Å². The van der Waals surface area contributed by atoms with Crippen LogP contribution in [0.25, 0.3) is 0 Å². The van der Waals surface area contributed by atoms with Gasteiger partial charge in [-0.25, -0.2) is 0 Å². The highest BCUT2D eigenvalue weighted by molar-refractivity contribution is 5.96. The second-order valence-electron chi connectivity index (χ2n) is 3.79. The minimum absolute atomic E-state index is 0.0300. The van der Waals surface area contributed by atoms with E-state index in [0.717, 1.165) is 12.8 Å². The molecule has 1 heterocycles. The monoisotopic (exact) mass is 223 g/mol. The minimum atomic E-state index is -0.414. The van der Waals surface area contributed by atoms with E-state index in [4.69, 9.17) is 15.4 Å². The van der Waals surface area contributed by atoms with Crippen LogP contribution in [0.15, 0.2) is 28.0 Å². The molecule has 1 saturated carbocycles. The van der Waals surface area contributed by atoms with Crippen LogP contribution in [0.1, 0.15) is 23.4 Å². The lowest BCUT2D eigenvalue weighted by Gasteiger charge is -2.15. The Morgan fingerprint density at radius 2 is 2.44 bits per heavy atom. The Morgan fingerprint density at radius 1 is 1.69 bits per heavy atom. The predicted molar refractivity (Wildman–Crippen MR) is 56.1 cm³/mol. The highest BCUT2D eigenvalue weighted by atomic mass is 16.4. The standard InChI is InChI=1S/C10H13N3O3/c11-9(13-15)8(6-3-4-6)12-10(14)7-2-1-5-16-7/h1-2,5-6,8,15H,3-4H2,(H2,11,13)(H,12,14). The lowest BCUT2D eigenvalue weighted by atomic mass is 10.1. The fourth-order valence-corrected chi connectivity index (χ4v) is 1.55. The van der Waals surface area contributed by atoms with Gasteiger partial charge >= 0.3 is 0 Å². The fraction of sp³-hybridized carbons (Fsp3) is 0.400. The molecule has 2 rings (SSSR count). The summed E-state index contributed by atoms with van der Waals surface area (Å²) in [4.78, 5) is 11.7. The van der Waals surface area contributed by atoms with Crippen LogP contribution in [-0.2, 0) is 0 Å². The summed E-state index contributed by atoms with van der Waals surface area (Å²) in [6.45, 7) is 0. The summed E-state index contributed by atoms with van der Waals surface area (Å²) in [5, 5.41) is 14.2. The number of hydrogen-bond acceptors (Lipinski definition) is 4. The average Bonchev–Trinajstić information content (AvgIpc) is 2.98. The number of nitrogens with zero attached hydrogens (tertiary/aromatic N) is 1. The normalized spacial score (nSPS) is 18.1. The zero-order valence-electron chi connectivity index (χ0n) is 8.59. The molecular weight excluding hydrogens is 210 g/mol. The number of rotatable bonds is 4. The van der Waals surface area contributed by atoms with Crippen molar-refractivity contribution in [3.05, 3.63) is 24.2 Å². The first-order valence-electron chi connectivity index (χ1n) is 5.04. The molecule has 4 N–H and O–H groups in total. The third-order valence-electron chi connectivity index (χ3n) is 2.56. The Balaban J connectivity index is 2.03. The Labute approximate surface area is 92.1 Å². The molecule has 0 aliphatic heterocycles. The Bertz CT molecular complexity index is 395. The van der Waals surface area contributed by atoms with E-state index in [0.29, 0.717) is 0 Å². The van der Waals surface area contributed by atoms with Gasteiger partial charge in [0, 0.05) is 0 Å². The summed E-state index contributed by atoms with van der Waals surface area (Å²) in [6.07, 6.45) is 3.36. The molecule has 86 valence electrons. The first kappa shape index (κ1) is 10.5. The van der Waals surface area contributed by atoms with Crippen molar-refractivity contribution in [2.24, 2.45) is 16.8 Å². The van der Waals surface area contributed by atoms with Crippen LogP contribution in [0.5, 0.6) is 0 Å². The second-order valence-corrected chi connectivity index (χ2v) is 3.79. The zero-order chi connectivity index (χ0) is 11.5.